The molecule has 1 N–H and O–H groups in total. The van der Waals surface area contributed by atoms with Gasteiger partial charge in [-0.2, -0.15) is 8.78 Å². The molecule has 1 rings (SSSR count). The molecular weight excluding hydrogens is 260 g/mol. The Hall–Kier alpha value is -1.17. The van der Waals surface area contributed by atoms with Gasteiger partial charge < -0.3 is 5.32 Å². The predicted octanol–water partition coefficient (Wildman–Crippen LogP) is 3.14. The molecule has 1 aromatic rings. The van der Waals surface area contributed by atoms with E-state index in [2.05, 4.69) is 5.32 Å². The number of rotatable bonds is 5. The second kappa shape index (κ2) is 5.65. The van der Waals surface area contributed by atoms with Gasteiger partial charge in [-0.15, -0.1) is 0 Å². The molecule has 0 aromatic heterocycles. The predicted molar refractivity (Wildman–Crippen MR) is 67.6 cm³/mol. The highest BCUT2D eigenvalue weighted by Gasteiger charge is 2.26. The normalized spacial score (nSPS) is 13.9. The van der Waals surface area contributed by atoms with Crippen molar-refractivity contribution in [3.63, 3.8) is 0 Å². The molecule has 0 radical (unpaired) electrons. The molecule has 1 aromatic carbocycles. The summed E-state index contributed by atoms with van der Waals surface area (Å²) in [5.41, 5.74) is 0.712. The van der Waals surface area contributed by atoms with Gasteiger partial charge in [0.05, 0.1) is 4.90 Å². The number of sulfone groups is 1. The van der Waals surface area contributed by atoms with E-state index >= 15 is 0 Å². The van der Waals surface area contributed by atoms with Crippen LogP contribution >= 0.6 is 0 Å². The number of hydrogen-bond acceptors (Lipinski definition) is 3. The smallest absolute Gasteiger partial charge is 0.341 e. The summed E-state index contributed by atoms with van der Waals surface area (Å²) in [7, 11) is -4.50. The van der Waals surface area contributed by atoms with Gasteiger partial charge in [0.25, 0.3) is 0 Å². The van der Waals surface area contributed by atoms with E-state index in [0.29, 0.717) is 11.6 Å². The van der Waals surface area contributed by atoms with E-state index in [1.807, 2.05) is 20.8 Å². The molecule has 0 aliphatic heterocycles. The molecule has 0 saturated heterocycles. The fourth-order valence-corrected chi connectivity index (χ4v) is 1.99. The van der Waals surface area contributed by atoms with Gasteiger partial charge in [-0.25, -0.2) is 8.42 Å². The van der Waals surface area contributed by atoms with Crippen LogP contribution in [0.3, 0.4) is 0 Å². The first-order chi connectivity index (χ1) is 8.25. The van der Waals surface area contributed by atoms with Crippen molar-refractivity contribution in [2.75, 3.05) is 5.32 Å². The third-order valence-corrected chi connectivity index (χ3v) is 4.21. The Morgan fingerprint density at radius 3 is 1.94 bits per heavy atom. The maximum absolute atomic E-state index is 12.3. The fourth-order valence-electron chi connectivity index (χ4n) is 1.27. The Labute approximate surface area is 106 Å². The van der Waals surface area contributed by atoms with Crippen molar-refractivity contribution in [2.24, 2.45) is 5.92 Å². The highest BCUT2D eigenvalue weighted by Crippen LogP contribution is 2.21. The summed E-state index contributed by atoms with van der Waals surface area (Å²) in [6.07, 6.45) is 0. The van der Waals surface area contributed by atoms with Crippen LogP contribution in [0.4, 0.5) is 14.5 Å². The molecule has 0 fully saturated rings. The van der Waals surface area contributed by atoms with Crippen LogP contribution in [0.25, 0.3) is 0 Å². The van der Waals surface area contributed by atoms with E-state index in [9.17, 15) is 17.2 Å². The first-order valence-corrected chi connectivity index (χ1v) is 7.18. The zero-order valence-electron chi connectivity index (χ0n) is 10.5. The topological polar surface area (TPSA) is 46.2 Å². The molecular formula is C12H17F2NO2S. The molecule has 0 heterocycles. The lowest BCUT2D eigenvalue weighted by Gasteiger charge is -2.18. The quantitative estimate of drug-likeness (QED) is 0.899. The van der Waals surface area contributed by atoms with Gasteiger partial charge in [0, 0.05) is 11.7 Å². The minimum atomic E-state index is -4.50. The van der Waals surface area contributed by atoms with Gasteiger partial charge in [0.1, 0.15) is 0 Å². The van der Waals surface area contributed by atoms with Crippen LogP contribution in [-0.4, -0.2) is 20.2 Å². The van der Waals surface area contributed by atoms with E-state index in [0.717, 1.165) is 0 Å². The summed E-state index contributed by atoms with van der Waals surface area (Å²) in [6.45, 7) is 6.09. The van der Waals surface area contributed by atoms with E-state index in [1.165, 1.54) is 24.3 Å². The molecule has 3 nitrogen and oxygen atoms in total. The number of alkyl halides is 2. The van der Waals surface area contributed by atoms with Crippen LogP contribution in [-0.2, 0) is 9.84 Å². The van der Waals surface area contributed by atoms with Crippen molar-refractivity contribution in [3.8, 4) is 0 Å². The summed E-state index contributed by atoms with van der Waals surface area (Å²) in [5.74, 6) is -2.97. The van der Waals surface area contributed by atoms with Crippen molar-refractivity contribution < 1.29 is 17.2 Å². The zero-order chi connectivity index (χ0) is 13.9. The molecule has 0 aliphatic rings. The van der Waals surface area contributed by atoms with Gasteiger partial charge in [0.2, 0.25) is 9.84 Å². The summed E-state index contributed by atoms with van der Waals surface area (Å²) in [5, 5.41) is 3.17. The number of anilines is 1. The lowest BCUT2D eigenvalue weighted by atomic mass is 10.1. The third-order valence-electron chi connectivity index (χ3n) is 2.81. The van der Waals surface area contributed by atoms with Gasteiger partial charge in [-0.1, -0.05) is 13.8 Å². The largest absolute Gasteiger partial charge is 0.382 e. The molecule has 0 bridgehead atoms. The van der Waals surface area contributed by atoms with E-state index in [4.69, 9.17) is 0 Å². The Kier molecular flexibility index (Phi) is 4.67. The molecule has 6 heteroatoms. The van der Waals surface area contributed by atoms with Crippen molar-refractivity contribution >= 4 is 15.5 Å². The summed E-state index contributed by atoms with van der Waals surface area (Å²) in [6, 6.07) is 5.58. The second-order valence-electron chi connectivity index (χ2n) is 4.51. The standard InChI is InChI=1S/C12H17F2NO2S/c1-8(2)9(3)15-10-4-6-11(7-5-10)18(16,17)12(13)14/h4-9,12,15H,1-3H3. The average molecular weight is 277 g/mol. The lowest BCUT2D eigenvalue weighted by molar-refractivity contribution is 0.234. The van der Waals surface area contributed by atoms with Crippen LogP contribution in [0.2, 0.25) is 0 Å². The van der Waals surface area contributed by atoms with Gasteiger partial charge >= 0.3 is 5.76 Å². The second-order valence-corrected chi connectivity index (χ2v) is 6.42. The summed E-state index contributed by atoms with van der Waals surface area (Å²) < 4.78 is 47.0. The van der Waals surface area contributed by atoms with Crippen molar-refractivity contribution in [2.45, 2.75) is 37.5 Å². The Morgan fingerprint density at radius 1 is 1.06 bits per heavy atom. The average Bonchev–Trinajstić information content (AvgIpc) is 2.29. The molecule has 0 amide bonds. The third kappa shape index (κ3) is 3.41. The van der Waals surface area contributed by atoms with Crippen LogP contribution in [0.15, 0.2) is 29.2 Å². The number of halogens is 2. The van der Waals surface area contributed by atoms with Crippen molar-refractivity contribution in [1.29, 1.82) is 0 Å². The molecule has 102 valence electrons. The molecule has 1 atom stereocenters. The van der Waals surface area contributed by atoms with E-state index in [-0.39, 0.29) is 10.9 Å². The number of benzene rings is 1. The van der Waals surface area contributed by atoms with Crippen molar-refractivity contribution in [3.05, 3.63) is 24.3 Å². The van der Waals surface area contributed by atoms with Gasteiger partial charge in [0.15, 0.2) is 0 Å². The summed E-state index contributed by atoms with van der Waals surface area (Å²) in [4.78, 5) is -0.361. The highest BCUT2D eigenvalue weighted by atomic mass is 32.2. The van der Waals surface area contributed by atoms with Crippen LogP contribution in [0, 0.1) is 5.92 Å². The number of hydrogen-bond donors (Lipinski definition) is 1. The lowest BCUT2D eigenvalue weighted by Crippen LogP contribution is -2.21. The van der Waals surface area contributed by atoms with Crippen molar-refractivity contribution in [1.82, 2.24) is 0 Å². The maximum atomic E-state index is 12.3. The monoisotopic (exact) mass is 277 g/mol. The van der Waals surface area contributed by atoms with Crippen LogP contribution < -0.4 is 5.32 Å². The van der Waals surface area contributed by atoms with E-state index in [1.54, 1.807) is 0 Å². The van der Waals surface area contributed by atoms with Crippen LogP contribution in [0.1, 0.15) is 20.8 Å². The first-order valence-electron chi connectivity index (χ1n) is 5.64. The fraction of sp³-hybridized carbons (Fsp3) is 0.500. The maximum Gasteiger partial charge on any atom is 0.341 e. The minimum absolute atomic E-state index is 0.211. The summed E-state index contributed by atoms with van der Waals surface area (Å²) >= 11 is 0. The van der Waals surface area contributed by atoms with E-state index < -0.39 is 15.6 Å². The minimum Gasteiger partial charge on any atom is -0.382 e. The number of nitrogens with one attached hydrogen (secondary N) is 1. The van der Waals surface area contributed by atoms with Gasteiger partial charge in [-0.05, 0) is 37.1 Å². The highest BCUT2D eigenvalue weighted by molar-refractivity contribution is 7.91. The Morgan fingerprint density at radius 2 is 1.56 bits per heavy atom. The molecule has 18 heavy (non-hydrogen) atoms. The molecule has 0 aliphatic carbocycles. The van der Waals surface area contributed by atoms with Crippen LogP contribution in [0.5, 0.6) is 0 Å². The first kappa shape index (κ1) is 14.9. The van der Waals surface area contributed by atoms with Gasteiger partial charge in [-0.3, -0.25) is 0 Å². The zero-order valence-corrected chi connectivity index (χ0v) is 11.3. The Balaban J connectivity index is 2.88. The molecule has 1 unspecified atom stereocenters. The SMILES string of the molecule is CC(C)C(C)Nc1ccc(S(=O)(=O)C(F)F)cc1. The Bertz CT molecular complexity index is 483. The molecule has 0 spiro atoms. The molecule has 0 saturated carbocycles.